The first-order chi connectivity index (χ1) is 20.1. The standard InChI is InChI=1S/C34H43N3O4/c1-26-12-13-31(35-23-26)37(32(38)30-11-8-22-39-30)29-14-19-36(20-15-29)21-18-34(16-6-3-7-17-34)28-24-40-33(41-25-28)27-9-4-2-5-10-27/h2,4-5,8-13,22-23,28-29,33H,3,6-7,14-21,24-25H2,1H3. The molecular formula is C34H43N3O4. The molecule has 3 aliphatic rings. The summed E-state index contributed by atoms with van der Waals surface area (Å²) in [5.41, 5.74) is 2.46. The maximum absolute atomic E-state index is 13.5. The highest BCUT2D eigenvalue weighted by molar-refractivity contribution is 6.04. The highest BCUT2D eigenvalue weighted by atomic mass is 16.7. The largest absolute Gasteiger partial charge is 0.459 e. The number of carbonyl (C=O) groups is 1. The van der Waals surface area contributed by atoms with Gasteiger partial charge in [0.1, 0.15) is 5.82 Å². The monoisotopic (exact) mass is 557 g/mol. The Morgan fingerprint density at radius 3 is 2.39 bits per heavy atom. The Labute approximate surface area is 243 Å². The molecule has 0 radical (unpaired) electrons. The third-order valence-corrected chi connectivity index (χ3v) is 9.63. The zero-order valence-corrected chi connectivity index (χ0v) is 24.2. The average Bonchev–Trinajstić information content (AvgIpc) is 3.58. The molecule has 3 fully saturated rings. The van der Waals surface area contributed by atoms with Gasteiger partial charge in [0.25, 0.3) is 5.91 Å². The summed E-state index contributed by atoms with van der Waals surface area (Å²) in [6.45, 7) is 6.59. The van der Waals surface area contributed by atoms with Crippen LogP contribution in [0.15, 0.2) is 71.5 Å². The molecule has 0 unspecified atom stereocenters. The molecule has 7 nitrogen and oxygen atoms in total. The number of carbonyl (C=O) groups excluding carboxylic acids is 1. The van der Waals surface area contributed by atoms with Gasteiger partial charge in [-0.3, -0.25) is 9.69 Å². The van der Waals surface area contributed by atoms with Gasteiger partial charge in [-0.2, -0.15) is 0 Å². The number of piperidine rings is 1. The SMILES string of the molecule is Cc1ccc(N(C(=O)c2ccco2)C2CCN(CCC3(C4COC(c5ccccc5)OC4)CCCCC3)CC2)nc1. The van der Waals surface area contributed by atoms with Crippen LogP contribution < -0.4 is 4.90 Å². The average molecular weight is 558 g/mol. The fraction of sp³-hybridized carbons (Fsp3) is 0.529. The first-order valence-corrected chi connectivity index (χ1v) is 15.4. The van der Waals surface area contributed by atoms with Crippen molar-refractivity contribution in [2.24, 2.45) is 11.3 Å². The van der Waals surface area contributed by atoms with Gasteiger partial charge in [-0.1, -0.05) is 55.7 Å². The second kappa shape index (κ2) is 12.9. The highest BCUT2D eigenvalue weighted by Crippen LogP contribution is 2.48. The topological polar surface area (TPSA) is 68.0 Å². The van der Waals surface area contributed by atoms with E-state index < -0.39 is 0 Å². The fourth-order valence-electron chi connectivity index (χ4n) is 7.14. The van der Waals surface area contributed by atoms with E-state index in [2.05, 4.69) is 22.0 Å². The lowest BCUT2D eigenvalue weighted by Gasteiger charge is -2.47. The number of benzene rings is 1. The minimum Gasteiger partial charge on any atom is -0.459 e. The van der Waals surface area contributed by atoms with Crippen LogP contribution in [-0.4, -0.2) is 54.7 Å². The molecule has 3 aromatic rings. The number of furan rings is 1. The third-order valence-electron chi connectivity index (χ3n) is 9.63. The van der Waals surface area contributed by atoms with E-state index >= 15 is 0 Å². The first-order valence-electron chi connectivity index (χ1n) is 15.4. The molecule has 1 amide bonds. The molecule has 7 heteroatoms. The molecule has 0 N–H and O–H groups in total. The number of aromatic nitrogens is 1. The van der Waals surface area contributed by atoms with Gasteiger partial charge in [0.15, 0.2) is 12.1 Å². The first kappa shape index (κ1) is 28.1. The molecule has 218 valence electrons. The molecule has 2 aliphatic heterocycles. The highest BCUT2D eigenvalue weighted by Gasteiger charge is 2.43. The van der Waals surface area contributed by atoms with Crippen molar-refractivity contribution in [1.29, 1.82) is 0 Å². The molecule has 6 rings (SSSR count). The lowest BCUT2D eigenvalue weighted by Crippen LogP contribution is -2.49. The van der Waals surface area contributed by atoms with Gasteiger partial charge in [-0.15, -0.1) is 0 Å². The smallest absolute Gasteiger partial charge is 0.295 e. The van der Waals surface area contributed by atoms with Crippen LogP contribution >= 0.6 is 0 Å². The minimum atomic E-state index is -0.248. The Balaban J connectivity index is 1.07. The summed E-state index contributed by atoms with van der Waals surface area (Å²) in [5, 5.41) is 0. The lowest BCUT2D eigenvalue weighted by atomic mass is 9.64. The number of hydrogen-bond acceptors (Lipinski definition) is 6. The number of aryl methyl sites for hydroxylation is 1. The summed E-state index contributed by atoms with van der Waals surface area (Å²) in [6.07, 6.45) is 12.6. The van der Waals surface area contributed by atoms with Crippen LogP contribution in [-0.2, 0) is 9.47 Å². The fourth-order valence-corrected chi connectivity index (χ4v) is 7.14. The van der Waals surface area contributed by atoms with Crippen LogP contribution in [0.3, 0.4) is 0 Å². The molecule has 41 heavy (non-hydrogen) atoms. The number of likely N-dealkylation sites (tertiary alicyclic amines) is 1. The molecule has 1 aromatic carbocycles. The summed E-state index contributed by atoms with van der Waals surface area (Å²) in [5.74, 6) is 1.38. The maximum atomic E-state index is 13.5. The van der Waals surface area contributed by atoms with Crippen molar-refractivity contribution in [2.45, 2.75) is 70.6 Å². The van der Waals surface area contributed by atoms with E-state index in [0.717, 1.165) is 56.8 Å². The zero-order valence-electron chi connectivity index (χ0n) is 24.2. The predicted molar refractivity (Wildman–Crippen MR) is 159 cm³/mol. The van der Waals surface area contributed by atoms with Crippen molar-refractivity contribution >= 4 is 11.7 Å². The van der Waals surface area contributed by atoms with Gasteiger partial charge < -0.3 is 18.8 Å². The van der Waals surface area contributed by atoms with Crippen molar-refractivity contribution in [1.82, 2.24) is 9.88 Å². The number of rotatable bonds is 8. The van der Waals surface area contributed by atoms with Crippen LogP contribution in [0.1, 0.15) is 79.3 Å². The number of nitrogens with zero attached hydrogens (tertiary/aromatic N) is 3. The van der Waals surface area contributed by atoms with Crippen molar-refractivity contribution in [3.05, 3.63) is 83.9 Å². The van der Waals surface area contributed by atoms with Crippen LogP contribution in [0.4, 0.5) is 5.82 Å². The van der Waals surface area contributed by atoms with E-state index in [9.17, 15) is 4.79 Å². The summed E-state index contributed by atoms with van der Waals surface area (Å²) < 4.78 is 18.1. The molecular weight excluding hydrogens is 514 g/mol. The summed E-state index contributed by atoms with van der Waals surface area (Å²) in [4.78, 5) is 22.6. The Morgan fingerprint density at radius 2 is 1.73 bits per heavy atom. The molecule has 1 saturated carbocycles. The molecule has 2 aromatic heterocycles. The number of amides is 1. The van der Waals surface area contributed by atoms with Crippen LogP contribution in [0.2, 0.25) is 0 Å². The quantitative estimate of drug-likeness (QED) is 0.304. The van der Waals surface area contributed by atoms with Gasteiger partial charge in [-0.05, 0) is 74.8 Å². The second-order valence-electron chi connectivity index (χ2n) is 12.2. The van der Waals surface area contributed by atoms with E-state index in [1.54, 1.807) is 18.4 Å². The lowest BCUT2D eigenvalue weighted by molar-refractivity contribution is -0.227. The van der Waals surface area contributed by atoms with E-state index in [1.165, 1.54) is 38.5 Å². The molecule has 0 atom stereocenters. The van der Waals surface area contributed by atoms with E-state index in [4.69, 9.17) is 13.9 Å². The molecule has 4 heterocycles. The maximum Gasteiger partial charge on any atom is 0.295 e. The van der Waals surface area contributed by atoms with Crippen molar-refractivity contribution < 1.29 is 18.7 Å². The van der Waals surface area contributed by atoms with E-state index in [0.29, 0.717) is 17.5 Å². The van der Waals surface area contributed by atoms with Crippen LogP contribution in [0, 0.1) is 18.3 Å². The molecule has 2 saturated heterocycles. The summed E-state index contributed by atoms with van der Waals surface area (Å²) >= 11 is 0. The Morgan fingerprint density at radius 1 is 0.976 bits per heavy atom. The summed E-state index contributed by atoms with van der Waals surface area (Å²) in [7, 11) is 0. The number of hydrogen-bond donors (Lipinski definition) is 0. The normalized spacial score (nSPS) is 23.7. The second-order valence-corrected chi connectivity index (χ2v) is 12.2. The number of pyridine rings is 1. The third kappa shape index (κ3) is 6.42. The van der Waals surface area contributed by atoms with E-state index in [-0.39, 0.29) is 23.7 Å². The zero-order chi connectivity index (χ0) is 28.1. The van der Waals surface area contributed by atoms with Crippen LogP contribution in [0.25, 0.3) is 0 Å². The molecule has 0 bridgehead atoms. The van der Waals surface area contributed by atoms with Gasteiger partial charge in [0.05, 0.1) is 19.5 Å². The Hall–Kier alpha value is -3.00. The number of ether oxygens (including phenoxy) is 2. The Bertz CT molecular complexity index is 1220. The van der Waals surface area contributed by atoms with Crippen molar-refractivity contribution in [3.8, 4) is 0 Å². The van der Waals surface area contributed by atoms with Gasteiger partial charge in [0.2, 0.25) is 0 Å². The summed E-state index contributed by atoms with van der Waals surface area (Å²) in [6, 6.07) is 17.9. The predicted octanol–water partition coefficient (Wildman–Crippen LogP) is 6.80. The van der Waals surface area contributed by atoms with Gasteiger partial charge in [0, 0.05) is 36.8 Å². The molecule has 0 spiro atoms. The number of anilines is 1. The molecule has 1 aliphatic carbocycles. The van der Waals surface area contributed by atoms with Crippen LogP contribution in [0.5, 0.6) is 0 Å². The van der Waals surface area contributed by atoms with Gasteiger partial charge >= 0.3 is 0 Å². The van der Waals surface area contributed by atoms with Gasteiger partial charge in [-0.25, -0.2) is 4.98 Å². The van der Waals surface area contributed by atoms with Crippen molar-refractivity contribution in [2.75, 3.05) is 37.7 Å². The minimum absolute atomic E-state index is 0.0951. The van der Waals surface area contributed by atoms with Crippen molar-refractivity contribution in [3.63, 3.8) is 0 Å². The van der Waals surface area contributed by atoms with E-state index in [1.807, 2.05) is 48.4 Å². The Kier molecular flexibility index (Phi) is 8.84.